The molecule has 4 rings (SSSR count). The fraction of sp³-hybridized carbons (Fsp3) is 0.407. The molecule has 2 amide bonds. The van der Waals surface area contributed by atoms with E-state index in [4.69, 9.17) is 4.74 Å². The summed E-state index contributed by atoms with van der Waals surface area (Å²) in [6, 6.07) is 4.44. The number of likely N-dealkylation sites (tertiary alicyclic amines) is 1. The lowest BCUT2D eigenvalue weighted by atomic mass is 9.90. The molecule has 2 fully saturated rings. The van der Waals surface area contributed by atoms with Crippen LogP contribution >= 0.6 is 0 Å². The zero-order chi connectivity index (χ0) is 28.7. The lowest BCUT2D eigenvalue weighted by molar-refractivity contribution is -0.138. The standard InChI is InChI=1S/C27H28F4N2O5S/c1-4-16-9-22(33(12-16)26(35)17-6-5-15(2)23(10-17)39(3,36)37)25(34)32-24(18-13-38-14-18)20-8-7-19(11-21(20)28)27(29,30)31/h4-8,10-11,16,18,22,24H,1,9,12-14H2,2-3H3,(H,32,34)/t16-,22-,24-/m1/s1. The van der Waals surface area contributed by atoms with Gasteiger partial charge in [0.1, 0.15) is 11.9 Å². The molecule has 0 unspecified atom stereocenters. The summed E-state index contributed by atoms with van der Waals surface area (Å²) in [6.07, 6.45) is -1.87. The van der Waals surface area contributed by atoms with Crippen LogP contribution in [0.4, 0.5) is 17.6 Å². The van der Waals surface area contributed by atoms with Crippen LogP contribution in [0.5, 0.6) is 0 Å². The third-order valence-corrected chi connectivity index (χ3v) is 8.40. The molecule has 0 bridgehead atoms. The molecule has 0 radical (unpaired) electrons. The van der Waals surface area contributed by atoms with Gasteiger partial charge < -0.3 is 15.0 Å². The highest BCUT2D eigenvalue weighted by molar-refractivity contribution is 7.90. The number of alkyl halides is 3. The van der Waals surface area contributed by atoms with Crippen LogP contribution in [0, 0.1) is 24.6 Å². The number of amides is 2. The highest BCUT2D eigenvalue weighted by atomic mass is 32.2. The molecule has 7 nitrogen and oxygen atoms in total. The quantitative estimate of drug-likeness (QED) is 0.402. The Kier molecular flexibility index (Phi) is 7.91. The number of carbonyl (C=O) groups excluding carboxylic acids is 2. The fourth-order valence-electron chi connectivity index (χ4n) is 4.91. The van der Waals surface area contributed by atoms with Crippen molar-refractivity contribution < 1.29 is 40.3 Å². The molecule has 2 saturated heterocycles. The Bertz CT molecular complexity index is 1410. The minimum atomic E-state index is -4.73. The van der Waals surface area contributed by atoms with E-state index in [1.807, 2.05) is 0 Å². The van der Waals surface area contributed by atoms with Gasteiger partial charge in [0.25, 0.3) is 5.91 Å². The van der Waals surface area contributed by atoms with Gasteiger partial charge in [-0.2, -0.15) is 13.2 Å². The average molecular weight is 569 g/mol. The molecular formula is C27H28F4N2O5S. The number of aryl methyl sites for hydroxylation is 1. The number of carbonyl (C=O) groups is 2. The van der Waals surface area contributed by atoms with Crippen molar-refractivity contribution in [2.24, 2.45) is 11.8 Å². The van der Waals surface area contributed by atoms with Crippen molar-refractivity contribution in [3.8, 4) is 0 Å². The number of halogens is 4. The summed E-state index contributed by atoms with van der Waals surface area (Å²) in [5, 5.41) is 2.74. The minimum Gasteiger partial charge on any atom is -0.381 e. The summed E-state index contributed by atoms with van der Waals surface area (Å²) in [5.41, 5.74) is -0.706. The normalized spacial score (nSPS) is 20.8. The fourth-order valence-corrected chi connectivity index (χ4v) is 5.91. The van der Waals surface area contributed by atoms with Crippen molar-refractivity contribution in [1.29, 1.82) is 0 Å². The van der Waals surface area contributed by atoms with Gasteiger partial charge in [0.15, 0.2) is 9.84 Å². The van der Waals surface area contributed by atoms with E-state index in [1.54, 1.807) is 13.0 Å². The van der Waals surface area contributed by atoms with E-state index in [9.17, 15) is 35.6 Å². The monoisotopic (exact) mass is 568 g/mol. The first kappa shape index (κ1) is 28.8. The summed E-state index contributed by atoms with van der Waals surface area (Å²) in [5.74, 6) is -2.90. The van der Waals surface area contributed by atoms with Crippen molar-refractivity contribution in [2.75, 3.05) is 26.0 Å². The van der Waals surface area contributed by atoms with Crippen LogP contribution in [-0.2, 0) is 25.5 Å². The average Bonchev–Trinajstić information content (AvgIpc) is 3.26. The Morgan fingerprint density at radius 2 is 1.87 bits per heavy atom. The van der Waals surface area contributed by atoms with Crippen molar-refractivity contribution in [3.63, 3.8) is 0 Å². The number of hydrogen-bond acceptors (Lipinski definition) is 5. The van der Waals surface area contributed by atoms with Gasteiger partial charge in [-0.15, -0.1) is 6.58 Å². The molecule has 2 aromatic carbocycles. The van der Waals surface area contributed by atoms with Crippen LogP contribution in [0.15, 0.2) is 53.9 Å². The van der Waals surface area contributed by atoms with Crippen LogP contribution in [0.3, 0.4) is 0 Å². The third-order valence-electron chi connectivity index (χ3n) is 7.16. The molecule has 0 aromatic heterocycles. The summed E-state index contributed by atoms with van der Waals surface area (Å²) in [6.45, 7) is 5.85. The van der Waals surface area contributed by atoms with Gasteiger partial charge in [-0.25, -0.2) is 12.8 Å². The molecule has 3 atom stereocenters. The molecule has 0 aliphatic carbocycles. The first-order chi connectivity index (χ1) is 18.2. The summed E-state index contributed by atoms with van der Waals surface area (Å²) in [4.78, 5) is 28.3. The van der Waals surface area contributed by atoms with Crippen molar-refractivity contribution in [2.45, 2.75) is 36.5 Å². The number of ether oxygens (including phenoxy) is 1. The predicted molar refractivity (Wildman–Crippen MR) is 134 cm³/mol. The highest BCUT2D eigenvalue weighted by Crippen LogP contribution is 2.35. The van der Waals surface area contributed by atoms with Gasteiger partial charge in [-0.1, -0.05) is 18.2 Å². The molecular weight excluding hydrogens is 540 g/mol. The maximum Gasteiger partial charge on any atom is 0.416 e. The topological polar surface area (TPSA) is 92.8 Å². The van der Waals surface area contributed by atoms with Crippen LogP contribution in [0.25, 0.3) is 0 Å². The molecule has 210 valence electrons. The second kappa shape index (κ2) is 10.7. The molecule has 2 aromatic rings. The molecule has 1 N–H and O–H groups in total. The molecule has 12 heteroatoms. The molecule has 39 heavy (non-hydrogen) atoms. The number of rotatable bonds is 7. The SMILES string of the molecule is C=C[C@@H]1C[C@H](C(=O)N[C@@H](c2ccc(C(F)(F)F)cc2F)C2COC2)N(C(=O)c2ccc(C)c(S(C)(=O)=O)c2)C1. The van der Waals surface area contributed by atoms with E-state index in [2.05, 4.69) is 11.9 Å². The van der Waals surface area contributed by atoms with Crippen LogP contribution < -0.4 is 5.32 Å². The number of sulfone groups is 1. The van der Waals surface area contributed by atoms with Gasteiger partial charge in [0.2, 0.25) is 5.91 Å². The summed E-state index contributed by atoms with van der Waals surface area (Å²) in [7, 11) is -3.61. The number of nitrogens with zero attached hydrogens (tertiary/aromatic N) is 1. The smallest absolute Gasteiger partial charge is 0.381 e. The maximum absolute atomic E-state index is 14.9. The molecule has 2 aliphatic heterocycles. The highest BCUT2D eigenvalue weighted by Gasteiger charge is 2.42. The Morgan fingerprint density at radius 1 is 1.18 bits per heavy atom. The van der Waals surface area contributed by atoms with Gasteiger partial charge >= 0.3 is 6.18 Å². The Labute approximate surface area is 223 Å². The Morgan fingerprint density at radius 3 is 2.41 bits per heavy atom. The van der Waals surface area contributed by atoms with E-state index in [0.29, 0.717) is 11.6 Å². The number of nitrogens with one attached hydrogen (secondary N) is 1. The van der Waals surface area contributed by atoms with Crippen molar-refractivity contribution in [3.05, 3.63) is 77.1 Å². The van der Waals surface area contributed by atoms with E-state index in [-0.39, 0.29) is 54.0 Å². The lowest BCUT2D eigenvalue weighted by Gasteiger charge is -2.36. The predicted octanol–water partition coefficient (Wildman–Crippen LogP) is 4.08. The Hall–Kier alpha value is -3.25. The zero-order valence-corrected chi connectivity index (χ0v) is 22.1. The Balaban J connectivity index is 1.62. The first-order valence-electron chi connectivity index (χ1n) is 12.2. The molecule has 2 aliphatic rings. The molecule has 0 saturated carbocycles. The third kappa shape index (κ3) is 6.01. The summed E-state index contributed by atoms with van der Waals surface area (Å²) < 4.78 is 83.6. The number of benzene rings is 2. The number of hydrogen-bond donors (Lipinski definition) is 1. The van der Waals surface area contributed by atoms with Crippen LogP contribution in [0.2, 0.25) is 0 Å². The van der Waals surface area contributed by atoms with Gasteiger partial charge in [0, 0.05) is 29.8 Å². The minimum absolute atomic E-state index is 0.00311. The maximum atomic E-state index is 14.9. The van der Waals surface area contributed by atoms with E-state index < -0.39 is 51.3 Å². The van der Waals surface area contributed by atoms with E-state index in [1.165, 1.54) is 23.1 Å². The van der Waals surface area contributed by atoms with Gasteiger partial charge in [-0.05, 0) is 49.1 Å². The second-order valence-electron chi connectivity index (χ2n) is 9.98. The van der Waals surface area contributed by atoms with Crippen molar-refractivity contribution >= 4 is 21.7 Å². The lowest BCUT2D eigenvalue weighted by Crippen LogP contribution is -2.50. The van der Waals surface area contributed by atoms with Crippen LogP contribution in [-0.4, -0.2) is 57.2 Å². The van der Waals surface area contributed by atoms with Gasteiger partial charge in [0.05, 0.1) is 29.7 Å². The van der Waals surface area contributed by atoms with Crippen molar-refractivity contribution in [1.82, 2.24) is 10.2 Å². The van der Waals surface area contributed by atoms with E-state index in [0.717, 1.165) is 18.4 Å². The first-order valence-corrected chi connectivity index (χ1v) is 14.1. The molecule has 2 heterocycles. The second-order valence-corrected chi connectivity index (χ2v) is 12.0. The van der Waals surface area contributed by atoms with E-state index >= 15 is 0 Å². The molecule has 0 spiro atoms. The zero-order valence-electron chi connectivity index (χ0n) is 21.3. The van der Waals surface area contributed by atoms with Gasteiger partial charge in [-0.3, -0.25) is 9.59 Å². The summed E-state index contributed by atoms with van der Waals surface area (Å²) >= 11 is 0. The largest absolute Gasteiger partial charge is 0.416 e. The van der Waals surface area contributed by atoms with Crippen LogP contribution in [0.1, 0.15) is 39.5 Å².